The van der Waals surface area contributed by atoms with E-state index < -0.39 is 0 Å². The molecule has 0 radical (unpaired) electrons. The van der Waals surface area contributed by atoms with Crippen LogP contribution in [0.4, 0.5) is 5.82 Å². The summed E-state index contributed by atoms with van der Waals surface area (Å²) in [7, 11) is 0. The Hall–Kier alpha value is -1.16. The van der Waals surface area contributed by atoms with E-state index in [1.54, 1.807) is 0 Å². The van der Waals surface area contributed by atoms with E-state index in [0.29, 0.717) is 4.99 Å². The second kappa shape index (κ2) is 5.45. The molecule has 0 fully saturated rings. The summed E-state index contributed by atoms with van der Waals surface area (Å²) in [6.07, 6.45) is 1.12. The van der Waals surface area contributed by atoms with Gasteiger partial charge in [-0.15, -0.1) is 0 Å². The summed E-state index contributed by atoms with van der Waals surface area (Å²) in [4.78, 5) is 4.84. The van der Waals surface area contributed by atoms with E-state index in [9.17, 15) is 0 Å². The number of aryl methyl sites for hydroxylation is 1. The van der Waals surface area contributed by atoms with E-state index in [4.69, 9.17) is 18.0 Å². The summed E-state index contributed by atoms with van der Waals surface area (Å²) in [6.45, 7) is 9.47. The lowest BCUT2D eigenvalue weighted by atomic mass is 9.90. The summed E-state index contributed by atoms with van der Waals surface area (Å²) in [5, 5.41) is 3.35. The highest BCUT2D eigenvalue weighted by Gasteiger charge is 2.14. The lowest BCUT2D eigenvalue weighted by Gasteiger charge is -2.23. The normalized spacial score (nSPS) is 11.3. The molecule has 0 saturated carbocycles. The number of rotatable bonds is 5. The van der Waals surface area contributed by atoms with Crippen LogP contribution in [0.25, 0.3) is 0 Å². The molecular formula is C13H21N3S. The minimum absolute atomic E-state index is 0.259. The fourth-order valence-electron chi connectivity index (χ4n) is 1.36. The van der Waals surface area contributed by atoms with Crippen LogP contribution in [0.2, 0.25) is 0 Å². The average molecular weight is 251 g/mol. The number of nitrogens with two attached hydrogens (primary N) is 1. The Balaban J connectivity index is 2.81. The van der Waals surface area contributed by atoms with E-state index in [1.807, 2.05) is 19.1 Å². The molecule has 94 valence electrons. The zero-order valence-electron chi connectivity index (χ0n) is 11.0. The lowest BCUT2D eigenvalue weighted by molar-refractivity contribution is 0.376. The van der Waals surface area contributed by atoms with Crippen molar-refractivity contribution in [3.63, 3.8) is 0 Å². The SMILES string of the molecule is CCC(C)(C)CNc1cc(C(N)=S)cc(C)n1. The van der Waals surface area contributed by atoms with Crippen molar-refractivity contribution in [1.82, 2.24) is 4.98 Å². The maximum absolute atomic E-state index is 5.64. The molecule has 1 heterocycles. The minimum atomic E-state index is 0.259. The number of aromatic nitrogens is 1. The summed E-state index contributed by atoms with van der Waals surface area (Å²) in [6, 6.07) is 3.81. The van der Waals surface area contributed by atoms with Crippen molar-refractivity contribution in [2.75, 3.05) is 11.9 Å². The maximum Gasteiger partial charge on any atom is 0.126 e. The summed E-state index contributed by atoms with van der Waals surface area (Å²) < 4.78 is 0. The maximum atomic E-state index is 5.64. The first-order valence-electron chi connectivity index (χ1n) is 5.86. The smallest absolute Gasteiger partial charge is 0.126 e. The molecule has 0 spiro atoms. The predicted octanol–water partition coefficient (Wildman–Crippen LogP) is 2.87. The number of hydrogen-bond acceptors (Lipinski definition) is 3. The van der Waals surface area contributed by atoms with E-state index in [2.05, 4.69) is 31.1 Å². The van der Waals surface area contributed by atoms with E-state index >= 15 is 0 Å². The molecule has 1 aromatic rings. The third-order valence-electron chi connectivity index (χ3n) is 2.94. The van der Waals surface area contributed by atoms with Crippen molar-refractivity contribution in [2.24, 2.45) is 11.1 Å². The first-order chi connectivity index (χ1) is 7.84. The highest BCUT2D eigenvalue weighted by Crippen LogP contribution is 2.20. The van der Waals surface area contributed by atoms with Gasteiger partial charge < -0.3 is 11.1 Å². The molecule has 1 rings (SSSR count). The molecule has 3 nitrogen and oxygen atoms in total. The fraction of sp³-hybridized carbons (Fsp3) is 0.538. The Labute approximate surface area is 109 Å². The second-order valence-corrected chi connectivity index (χ2v) is 5.56. The quantitative estimate of drug-likeness (QED) is 0.790. The molecule has 0 aliphatic rings. The zero-order chi connectivity index (χ0) is 13.1. The fourth-order valence-corrected chi connectivity index (χ4v) is 1.47. The van der Waals surface area contributed by atoms with Gasteiger partial charge in [-0.25, -0.2) is 4.98 Å². The number of pyridine rings is 1. The first-order valence-corrected chi connectivity index (χ1v) is 6.27. The molecule has 1 aromatic heterocycles. The molecule has 3 N–H and O–H groups in total. The van der Waals surface area contributed by atoms with Crippen molar-refractivity contribution in [3.8, 4) is 0 Å². The van der Waals surface area contributed by atoms with E-state index in [0.717, 1.165) is 30.0 Å². The number of nitrogens with one attached hydrogen (secondary N) is 1. The minimum Gasteiger partial charge on any atom is -0.389 e. The summed E-state index contributed by atoms with van der Waals surface area (Å²) in [5.74, 6) is 0.842. The predicted molar refractivity (Wildman–Crippen MR) is 77.4 cm³/mol. The van der Waals surface area contributed by atoms with E-state index in [-0.39, 0.29) is 5.41 Å². The van der Waals surface area contributed by atoms with Crippen LogP contribution in [0.1, 0.15) is 38.4 Å². The number of nitrogens with zero attached hydrogens (tertiary/aromatic N) is 1. The third-order valence-corrected chi connectivity index (χ3v) is 3.18. The molecular weight excluding hydrogens is 230 g/mol. The number of hydrogen-bond donors (Lipinski definition) is 2. The third kappa shape index (κ3) is 4.30. The second-order valence-electron chi connectivity index (χ2n) is 5.12. The molecule has 0 aliphatic heterocycles. The van der Waals surface area contributed by atoms with Crippen LogP contribution < -0.4 is 11.1 Å². The van der Waals surface area contributed by atoms with Crippen molar-refractivity contribution in [1.29, 1.82) is 0 Å². The highest BCUT2D eigenvalue weighted by atomic mass is 32.1. The van der Waals surface area contributed by atoms with Crippen LogP contribution in [0.15, 0.2) is 12.1 Å². The van der Waals surface area contributed by atoms with Crippen LogP contribution in [-0.4, -0.2) is 16.5 Å². The molecule has 0 amide bonds. The first kappa shape index (κ1) is 13.9. The van der Waals surface area contributed by atoms with Crippen molar-refractivity contribution in [2.45, 2.75) is 34.1 Å². The van der Waals surface area contributed by atoms with Gasteiger partial charge in [0.2, 0.25) is 0 Å². The summed E-state index contributed by atoms with van der Waals surface area (Å²) in [5.41, 5.74) is 7.68. The molecule has 0 aliphatic carbocycles. The van der Waals surface area contributed by atoms with Gasteiger partial charge in [0.1, 0.15) is 10.8 Å². The Morgan fingerprint density at radius 2 is 2.12 bits per heavy atom. The van der Waals surface area contributed by atoms with Crippen LogP contribution in [0.3, 0.4) is 0 Å². The van der Waals surface area contributed by atoms with Gasteiger partial charge in [0.15, 0.2) is 0 Å². The van der Waals surface area contributed by atoms with E-state index in [1.165, 1.54) is 0 Å². The van der Waals surface area contributed by atoms with Crippen LogP contribution in [-0.2, 0) is 0 Å². The van der Waals surface area contributed by atoms with Gasteiger partial charge in [-0.3, -0.25) is 0 Å². The lowest BCUT2D eigenvalue weighted by Crippen LogP contribution is -2.23. The molecule has 0 aromatic carbocycles. The Morgan fingerprint density at radius 1 is 1.47 bits per heavy atom. The van der Waals surface area contributed by atoms with Gasteiger partial charge in [-0.2, -0.15) is 0 Å². The van der Waals surface area contributed by atoms with Crippen molar-refractivity contribution >= 4 is 23.0 Å². The van der Waals surface area contributed by atoms with Crippen LogP contribution in [0, 0.1) is 12.3 Å². The van der Waals surface area contributed by atoms with Gasteiger partial charge in [-0.1, -0.05) is 33.0 Å². The van der Waals surface area contributed by atoms with Crippen LogP contribution >= 0.6 is 12.2 Å². The summed E-state index contributed by atoms with van der Waals surface area (Å²) >= 11 is 4.98. The highest BCUT2D eigenvalue weighted by molar-refractivity contribution is 7.80. The Bertz CT molecular complexity index is 413. The Morgan fingerprint density at radius 3 is 2.65 bits per heavy atom. The largest absolute Gasteiger partial charge is 0.389 e. The molecule has 0 saturated heterocycles. The number of thiocarbonyl (C=S) groups is 1. The standard InChI is InChI=1S/C13H21N3S/c1-5-13(3,4)8-15-11-7-10(12(14)17)6-9(2)16-11/h6-7H,5,8H2,1-4H3,(H2,14,17)(H,15,16). The van der Waals surface area contributed by atoms with Crippen LogP contribution in [0.5, 0.6) is 0 Å². The molecule has 4 heteroatoms. The molecule has 0 atom stereocenters. The van der Waals surface area contributed by atoms with Crippen molar-refractivity contribution < 1.29 is 0 Å². The van der Waals surface area contributed by atoms with Gasteiger partial charge in [-0.05, 0) is 30.9 Å². The monoisotopic (exact) mass is 251 g/mol. The topological polar surface area (TPSA) is 50.9 Å². The average Bonchev–Trinajstić information content (AvgIpc) is 2.26. The van der Waals surface area contributed by atoms with Gasteiger partial charge >= 0.3 is 0 Å². The van der Waals surface area contributed by atoms with Gasteiger partial charge in [0.25, 0.3) is 0 Å². The number of anilines is 1. The molecule has 0 unspecified atom stereocenters. The molecule has 0 bridgehead atoms. The van der Waals surface area contributed by atoms with Gasteiger partial charge in [0, 0.05) is 17.8 Å². The van der Waals surface area contributed by atoms with Crippen molar-refractivity contribution in [3.05, 3.63) is 23.4 Å². The van der Waals surface area contributed by atoms with Gasteiger partial charge in [0.05, 0.1) is 0 Å². The molecule has 17 heavy (non-hydrogen) atoms. The zero-order valence-corrected chi connectivity index (χ0v) is 11.8. The Kier molecular flexibility index (Phi) is 4.46.